The molecule has 136 valence electrons. The Morgan fingerprint density at radius 2 is 2.12 bits per heavy atom. The Morgan fingerprint density at radius 3 is 2.77 bits per heavy atom. The van der Waals surface area contributed by atoms with Gasteiger partial charge >= 0.3 is 0 Å². The van der Waals surface area contributed by atoms with E-state index in [0.717, 1.165) is 9.77 Å². The van der Waals surface area contributed by atoms with Gasteiger partial charge in [0.1, 0.15) is 6.54 Å². The van der Waals surface area contributed by atoms with Crippen LogP contribution in [0.1, 0.15) is 19.7 Å². The summed E-state index contributed by atoms with van der Waals surface area (Å²) in [6.45, 7) is 4.71. The molecule has 0 aliphatic carbocycles. The molecule has 26 heavy (non-hydrogen) atoms. The molecule has 0 aliphatic heterocycles. The lowest BCUT2D eigenvalue weighted by atomic mass is 10.3. The molecule has 0 saturated carbocycles. The summed E-state index contributed by atoms with van der Waals surface area (Å²) in [5.74, 6) is 1.03. The number of rotatable bonds is 7. The van der Waals surface area contributed by atoms with Gasteiger partial charge in [-0.05, 0) is 49.6 Å². The van der Waals surface area contributed by atoms with E-state index in [2.05, 4.69) is 10.1 Å². The first kappa shape index (κ1) is 18.9. The number of nitrogens with zero attached hydrogens (tertiary/aromatic N) is 3. The van der Waals surface area contributed by atoms with Crippen LogP contribution in [0.2, 0.25) is 5.02 Å². The predicted molar refractivity (Wildman–Crippen MR) is 105 cm³/mol. The van der Waals surface area contributed by atoms with E-state index in [1.54, 1.807) is 16.2 Å². The quantitative estimate of drug-likeness (QED) is 0.517. The van der Waals surface area contributed by atoms with Crippen LogP contribution < -0.4 is 0 Å². The van der Waals surface area contributed by atoms with Gasteiger partial charge in [-0.1, -0.05) is 22.8 Å². The zero-order chi connectivity index (χ0) is 18.5. The van der Waals surface area contributed by atoms with Gasteiger partial charge in [0.2, 0.25) is 17.6 Å². The molecule has 3 aromatic rings. The van der Waals surface area contributed by atoms with Gasteiger partial charge in [0, 0.05) is 16.5 Å². The minimum atomic E-state index is -0.226. The Hall–Kier alpha value is -1.83. The van der Waals surface area contributed by atoms with Crippen LogP contribution in [0.4, 0.5) is 0 Å². The largest absolute Gasteiger partial charge is 0.337 e. The third-order valence-corrected chi connectivity index (χ3v) is 5.92. The van der Waals surface area contributed by atoms with Crippen molar-refractivity contribution >= 4 is 40.6 Å². The van der Waals surface area contributed by atoms with Crippen LogP contribution in [0.25, 0.3) is 10.7 Å². The average molecular weight is 408 g/mol. The minimum Gasteiger partial charge on any atom is -0.337 e. The van der Waals surface area contributed by atoms with E-state index in [1.165, 1.54) is 11.8 Å². The number of halogens is 1. The highest BCUT2D eigenvalue weighted by molar-refractivity contribution is 8.00. The molecule has 0 spiro atoms. The van der Waals surface area contributed by atoms with Gasteiger partial charge in [-0.25, -0.2) is 0 Å². The molecule has 0 N–H and O–H groups in total. The third kappa shape index (κ3) is 4.66. The van der Waals surface area contributed by atoms with E-state index in [1.807, 2.05) is 55.6 Å². The van der Waals surface area contributed by atoms with Crippen molar-refractivity contribution in [1.82, 2.24) is 15.0 Å². The third-order valence-electron chi connectivity index (χ3n) is 3.70. The monoisotopic (exact) mass is 407 g/mol. The van der Waals surface area contributed by atoms with Gasteiger partial charge in [-0.3, -0.25) is 4.79 Å². The molecule has 5 nitrogen and oxygen atoms in total. The van der Waals surface area contributed by atoms with Crippen LogP contribution in [-0.4, -0.2) is 32.7 Å². The summed E-state index contributed by atoms with van der Waals surface area (Å²) in [5.41, 5.74) is 0. The van der Waals surface area contributed by atoms with E-state index < -0.39 is 0 Å². The second-order valence-electron chi connectivity index (χ2n) is 5.56. The number of benzene rings is 1. The van der Waals surface area contributed by atoms with Crippen molar-refractivity contribution in [3.8, 4) is 10.7 Å². The van der Waals surface area contributed by atoms with Crippen molar-refractivity contribution in [1.29, 1.82) is 0 Å². The molecule has 0 fully saturated rings. The van der Waals surface area contributed by atoms with Crippen molar-refractivity contribution < 1.29 is 9.32 Å². The van der Waals surface area contributed by atoms with Crippen molar-refractivity contribution in [2.75, 3.05) is 6.54 Å². The van der Waals surface area contributed by atoms with Gasteiger partial charge in [-0.2, -0.15) is 4.98 Å². The molecule has 2 aromatic heterocycles. The lowest BCUT2D eigenvalue weighted by Gasteiger charge is -2.22. The van der Waals surface area contributed by atoms with Crippen molar-refractivity contribution in [3.05, 3.63) is 52.7 Å². The molecule has 8 heteroatoms. The summed E-state index contributed by atoms with van der Waals surface area (Å²) in [6, 6.07) is 11.4. The van der Waals surface area contributed by atoms with Crippen molar-refractivity contribution in [2.24, 2.45) is 0 Å². The summed E-state index contributed by atoms with van der Waals surface area (Å²) in [7, 11) is 0. The number of amides is 1. The summed E-state index contributed by atoms with van der Waals surface area (Å²) >= 11 is 8.96. The number of carbonyl (C=O) groups is 1. The fraction of sp³-hybridized carbons (Fsp3) is 0.278. The van der Waals surface area contributed by atoms with Crippen molar-refractivity contribution in [3.63, 3.8) is 0 Å². The smallest absolute Gasteiger partial charge is 0.246 e. The van der Waals surface area contributed by atoms with Crippen LogP contribution in [0, 0.1) is 0 Å². The average Bonchev–Trinajstić information content (AvgIpc) is 3.32. The molecule has 0 radical (unpaired) electrons. The summed E-state index contributed by atoms with van der Waals surface area (Å²) in [5, 5.41) is 6.41. The highest BCUT2D eigenvalue weighted by Gasteiger charge is 2.23. The molecule has 0 unspecified atom stereocenters. The maximum absolute atomic E-state index is 12.8. The Labute approximate surface area is 165 Å². The maximum Gasteiger partial charge on any atom is 0.246 e. The predicted octanol–water partition coefficient (Wildman–Crippen LogP) is 4.98. The minimum absolute atomic E-state index is 0.0309. The molecule has 2 heterocycles. The van der Waals surface area contributed by atoms with Crippen LogP contribution in [0.5, 0.6) is 0 Å². The summed E-state index contributed by atoms with van der Waals surface area (Å²) in [4.78, 5) is 20.8. The van der Waals surface area contributed by atoms with Crippen molar-refractivity contribution in [2.45, 2.75) is 30.5 Å². The first-order chi connectivity index (χ1) is 12.6. The lowest BCUT2D eigenvalue weighted by Crippen LogP contribution is -2.36. The van der Waals surface area contributed by atoms with Crippen LogP contribution >= 0.6 is 34.7 Å². The first-order valence-electron chi connectivity index (χ1n) is 8.14. The van der Waals surface area contributed by atoms with E-state index in [-0.39, 0.29) is 11.2 Å². The molecule has 1 amide bonds. The summed E-state index contributed by atoms with van der Waals surface area (Å²) in [6.07, 6.45) is 0. The van der Waals surface area contributed by atoms with Crippen LogP contribution in [-0.2, 0) is 11.3 Å². The molecule has 0 saturated heterocycles. The number of thioether (sulfide) groups is 1. The number of aromatic nitrogens is 2. The van der Waals surface area contributed by atoms with Gasteiger partial charge in [0.05, 0.1) is 10.1 Å². The first-order valence-corrected chi connectivity index (χ1v) is 10.3. The highest BCUT2D eigenvalue weighted by Crippen LogP contribution is 2.26. The molecule has 3 rings (SSSR count). The van der Waals surface area contributed by atoms with E-state index in [4.69, 9.17) is 16.1 Å². The summed E-state index contributed by atoms with van der Waals surface area (Å²) < 4.78 is 5.31. The Bertz CT molecular complexity index is 850. The fourth-order valence-corrected chi connectivity index (χ4v) is 4.09. The van der Waals surface area contributed by atoms with Gasteiger partial charge in [0.25, 0.3) is 0 Å². The Morgan fingerprint density at radius 1 is 1.35 bits per heavy atom. The molecule has 0 aliphatic rings. The van der Waals surface area contributed by atoms with Crippen LogP contribution in [0.15, 0.2) is 51.2 Å². The standard InChI is InChI=1S/C18H18ClN3O2S2/c1-3-22(11-16-20-17(21-24-16)15-5-4-10-25-15)18(23)12(2)26-14-8-6-13(19)7-9-14/h4-10,12H,3,11H2,1-2H3/t12-/m0/s1. The Kier molecular flexibility index (Phi) is 6.34. The molecular formula is C18H18ClN3O2S2. The van der Waals surface area contributed by atoms with Gasteiger partial charge in [-0.15, -0.1) is 23.1 Å². The zero-order valence-electron chi connectivity index (χ0n) is 14.4. The van der Waals surface area contributed by atoms with E-state index in [0.29, 0.717) is 29.8 Å². The topological polar surface area (TPSA) is 59.2 Å². The number of carbonyl (C=O) groups excluding carboxylic acids is 1. The number of hydrogen-bond donors (Lipinski definition) is 0. The number of hydrogen-bond acceptors (Lipinski definition) is 6. The van der Waals surface area contributed by atoms with Crippen LogP contribution in [0.3, 0.4) is 0 Å². The maximum atomic E-state index is 12.8. The van der Waals surface area contributed by atoms with Gasteiger partial charge < -0.3 is 9.42 Å². The Balaban J connectivity index is 1.64. The van der Waals surface area contributed by atoms with E-state index in [9.17, 15) is 4.79 Å². The van der Waals surface area contributed by atoms with E-state index >= 15 is 0 Å². The molecular weight excluding hydrogens is 390 g/mol. The molecule has 1 aromatic carbocycles. The highest BCUT2D eigenvalue weighted by atomic mass is 35.5. The second-order valence-corrected chi connectivity index (χ2v) is 8.35. The molecule has 1 atom stereocenters. The number of thiophene rings is 1. The molecule has 0 bridgehead atoms. The zero-order valence-corrected chi connectivity index (χ0v) is 16.8. The van der Waals surface area contributed by atoms with Gasteiger partial charge in [0.15, 0.2) is 0 Å². The normalized spacial score (nSPS) is 12.1. The SMILES string of the molecule is CCN(Cc1nc(-c2cccs2)no1)C(=O)[C@H](C)Sc1ccc(Cl)cc1. The lowest BCUT2D eigenvalue weighted by molar-refractivity contribution is -0.131. The second kappa shape index (κ2) is 8.70. The fourth-order valence-electron chi connectivity index (χ4n) is 2.36.